The highest BCUT2D eigenvalue weighted by atomic mass is 16.5. The van der Waals surface area contributed by atoms with Crippen molar-refractivity contribution in [2.75, 3.05) is 37.8 Å². The number of ether oxygens (including phenoxy) is 1. The van der Waals surface area contributed by atoms with Crippen LogP contribution in [0.4, 0.5) is 5.95 Å². The van der Waals surface area contributed by atoms with Crippen molar-refractivity contribution < 1.29 is 9.84 Å². The summed E-state index contributed by atoms with van der Waals surface area (Å²) in [5.41, 5.74) is 0.843. The zero-order chi connectivity index (χ0) is 15.9. The average Bonchev–Trinajstić information content (AvgIpc) is 3.36. The van der Waals surface area contributed by atoms with Crippen LogP contribution in [-0.2, 0) is 11.3 Å². The average molecular weight is 315 g/mol. The lowest BCUT2D eigenvalue weighted by atomic mass is 10.1. The summed E-state index contributed by atoms with van der Waals surface area (Å²) in [7, 11) is 0. The first-order chi connectivity index (χ1) is 11.2. The predicted octanol–water partition coefficient (Wildman–Crippen LogP) is 1.01. The minimum Gasteiger partial charge on any atom is -0.395 e. The van der Waals surface area contributed by atoms with E-state index in [-0.39, 0.29) is 24.1 Å². The Morgan fingerprint density at radius 1 is 1.30 bits per heavy atom. The number of anilines is 1. The predicted molar refractivity (Wildman–Crippen MR) is 87.8 cm³/mol. The summed E-state index contributed by atoms with van der Waals surface area (Å²) in [4.78, 5) is 19.7. The molecule has 23 heavy (non-hydrogen) atoms. The zero-order valence-electron chi connectivity index (χ0n) is 13.1. The Balaban J connectivity index is 1.83. The summed E-state index contributed by atoms with van der Waals surface area (Å²) in [6.07, 6.45) is 2.34. The van der Waals surface area contributed by atoms with Gasteiger partial charge in [-0.05, 0) is 25.0 Å². The van der Waals surface area contributed by atoms with E-state index >= 15 is 0 Å². The number of rotatable bonds is 3. The molecule has 0 atom stereocenters. The second-order valence-electron chi connectivity index (χ2n) is 6.58. The first kappa shape index (κ1) is 14.7. The second kappa shape index (κ2) is 5.62. The molecule has 1 saturated carbocycles. The smallest absolute Gasteiger partial charge is 0.262 e. The summed E-state index contributed by atoms with van der Waals surface area (Å²) >= 11 is 0. The van der Waals surface area contributed by atoms with Crippen LogP contribution in [0.1, 0.15) is 12.8 Å². The highest BCUT2D eigenvalue weighted by molar-refractivity contribution is 5.78. The number of hydrogen-bond donors (Lipinski definition) is 1. The van der Waals surface area contributed by atoms with Crippen LogP contribution < -0.4 is 10.5 Å². The Labute approximate surface area is 134 Å². The number of nitrogens with zero attached hydrogens (tertiary/aromatic N) is 3. The topological polar surface area (TPSA) is 67.6 Å². The van der Waals surface area contributed by atoms with Crippen molar-refractivity contribution in [3.63, 3.8) is 0 Å². The summed E-state index contributed by atoms with van der Waals surface area (Å²) in [5, 5.41) is 9.97. The van der Waals surface area contributed by atoms with Crippen LogP contribution >= 0.6 is 0 Å². The number of fused-ring (bicyclic) bond motifs is 1. The molecule has 2 aromatic rings. The van der Waals surface area contributed by atoms with E-state index in [1.54, 1.807) is 10.6 Å². The van der Waals surface area contributed by atoms with Crippen LogP contribution in [0.15, 0.2) is 29.1 Å². The zero-order valence-corrected chi connectivity index (χ0v) is 13.1. The van der Waals surface area contributed by atoms with Gasteiger partial charge in [-0.1, -0.05) is 12.1 Å². The van der Waals surface area contributed by atoms with Gasteiger partial charge >= 0.3 is 0 Å². The monoisotopic (exact) mass is 315 g/mol. The molecule has 4 rings (SSSR count). The molecule has 1 aromatic heterocycles. The maximum atomic E-state index is 12.8. The van der Waals surface area contributed by atoms with Crippen molar-refractivity contribution in [3.8, 4) is 0 Å². The van der Waals surface area contributed by atoms with Crippen molar-refractivity contribution in [1.29, 1.82) is 0 Å². The maximum Gasteiger partial charge on any atom is 0.262 e. The summed E-state index contributed by atoms with van der Waals surface area (Å²) in [6.45, 7) is 3.20. The van der Waals surface area contributed by atoms with Crippen molar-refractivity contribution >= 4 is 16.9 Å². The third-order valence-electron chi connectivity index (χ3n) is 4.85. The molecule has 2 heterocycles. The quantitative estimate of drug-likeness (QED) is 0.915. The van der Waals surface area contributed by atoms with Crippen LogP contribution in [0.5, 0.6) is 0 Å². The summed E-state index contributed by atoms with van der Waals surface area (Å²) in [6, 6.07) is 7.39. The largest absolute Gasteiger partial charge is 0.395 e. The van der Waals surface area contributed by atoms with Crippen LogP contribution in [0.2, 0.25) is 0 Å². The van der Waals surface area contributed by atoms with E-state index in [0.29, 0.717) is 23.5 Å². The number of hydrogen-bond acceptors (Lipinski definition) is 5. The highest BCUT2D eigenvalue weighted by Crippen LogP contribution is 2.47. The molecule has 1 aliphatic carbocycles. The molecular formula is C17H21N3O3. The molecule has 1 N–H and O–H groups in total. The number of aromatic nitrogens is 2. The second-order valence-corrected chi connectivity index (χ2v) is 6.58. The molecule has 1 spiro atoms. The van der Waals surface area contributed by atoms with Gasteiger partial charge in [-0.2, -0.15) is 0 Å². The van der Waals surface area contributed by atoms with E-state index in [2.05, 4.69) is 4.90 Å². The SMILES string of the molecule is O=c1c2ccccc2nc(N2CCOCC3(CC3)C2)n1CCO. The van der Waals surface area contributed by atoms with Gasteiger partial charge in [-0.15, -0.1) is 0 Å². The summed E-state index contributed by atoms with van der Waals surface area (Å²) in [5.74, 6) is 0.652. The van der Waals surface area contributed by atoms with Crippen molar-refractivity contribution in [2.45, 2.75) is 19.4 Å². The molecule has 6 nitrogen and oxygen atoms in total. The van der Waals surface area contributed by atoms with Gasteiger partial charge in [0.05, 0.1) is 37.3 Å². The molecule has 0 bridgehead atoms. The Morgan fingerprint density at radius 2 is 2.13 bits per heavy atom. The third kappa shape index (κ3) is 2.62. The molecule has 2 aliphatic rings. The van der Waals surface area contributed by atoms with Gasteiger partial charge in [0.1, 0.15) is 0 Å². The Bertz CT molecular complexity index is 782. The number of benzene rings is 1. The van der Waals surface area contributed by atoms with E-state index in [1.807, 2.05) is 18.2 Å². The fraction of sp³-hybridized carbons (Fsp3) is 0.529. The molecule has 6 heteroatoms. The molecule has 0 radical (unpaired) electrons. The Hall–Kier alpha value is -1.92. The van der Waals surface area contributed by atoms with Crippen molar-refractivity contribution in [2.24, 2.45) is 5.41 Å². The van der Waals surface area contributed by atoms with Crippen LogP contribution in [-0.4, -0.2) is 47.6 Å². The molecule has 2 fully saturated rings. The Kier molecular flexibility index (Phi) is 3.58. The first-order valence-electron chi connectivity index (χ1n) is 8.16. The van der Waals surface area contributed by atoms with Crippen LogP contribution in [0, 0.1) is 5.41 Å². The molecule has 1 aromatic carbocycles. The van der Waals surface area contributed by atoms with E-state index < -0.39 is 0 Å². The molecule has 0 amide bonds. The van der Waals surface area contributed by atoms with Gasteiger partial charge in [0.2, 0.25) is 5.95 Å². The number of para-hydroxylation sites is 1. The van der Waals surface area contributed by atoms with Gasteiger partial charge in [0.25, 0.3) is 5.56 Å². The standard InChI is InChI=1S/C17H21N3O3/c21-9-7-20-15(22)13-3-1-2-4-14(13)18-16(20)19-8-10-23-12-17(11-19)5-6-17/h1-4,21H,5-12H2. The van der Waals surface area contributed by atoms with Crippen molar-refractivity contribution in [3.05, 3.63) is 34.6 Å². The minimum atomic E-state index is -0.0883. The fourth-order valence-electron chi connectivity index (χ4n) is 3.34. The van der Waals surface area contributed by atoms with Gasteiger partial charge < -0.3 is 14.7 Å². The van der Waals surface area contributed by atoms with E-state index in [4.69, 9.17) is 9.72 Å². The van der Waals surface area contributed by atoms with Gasteiger partial charge in [-0.25, -0.2) is 4.98 Å². The van der Waals surface area contributed by atoms with E-state index in [9.17, 15) is 9.90 Å². The number of aliphatic hydroxyl groups excluding tert-OH is 1. The lowest BCUT2D eigenvalue weighted by Crippen LogP contribution is -2.37. The molecule has 1 aliphatic heterocycles. The van der Waals surface area contributed by atoms with E-state index in [1.165, 1.54) is 12.8 Å². The summed E-state index contributed by atoms with van der Waals surface area (Å²) < 4.78 is 7.34. The van der Waals surface area contributed by atoms with Crippen molar-refractivity contribution in [1.82, 2.24) is 9.55 Å². The van der Waals surface area contributed by atoms with Gasteiger partial charge in [0, 0.05) is 18.5 Å². The molecular weight excluding hydrogens is 294 g/mol. The molecule has 122 valence electrons. The maximum absolute atomic E-state index is 12.8. The van der Waals surface area contributed by atoms with Gasteiger partial charge in [-0.3, -0.25) is 9.36 Å². The highest BCUT2D eigenvalue weighted by Gasteiger charge is 2.46. The lowest BCUT2D eigenvalue weighted by Gasteiger charge is -2.27. The lowest BCUT2D eigenvalue weighted by molar-refractivity contribution is 0.116. The van der Waals surface area contributed by atoms with Crippen LogP contribution in [0.3, 0.4) is 0 Å². The minimum absolute atomic E-state index is 0.0809. The fourth-order valence-corrected chi connectivity index (χ4v) is 3.34. The Morgan fingerprint density at radius 3 is 2.91 bits per heavy atom. The van der Waals surface area contributed by atoms with Gasteiger partial charge in [0.15, 0.2) is 0 Å². The van der Waals surface area contributed by atoms with Crippen LogP contribution in [0.25, 0.3) is 10.9 Å². The molecule has 0 unspecified atom stereocenters. The first-order valence-corrected chi connectivity index (χ1v) is 8.16. The number of aliphatic hydroxyl groups is 1. The molecule has 1 saturated heterocycles. The normalized spacial score (nSPS) is 20.0. The van der Waals surface area contributed by atoms with E-state index in [0.717, 1.165) is 19.7 Å². The third-order valence-corrected chi connectivity index (χ3v) is 4.85.